The molecule has 0 amide bonds. The first-order chi connectivity index (χ1) is 9.57. The first kappa shape index (κ1) is 14.2. The van der Waals surface area contributed by atoms with E-state index in [-0.39, 0.29) is 0 Å². The van der Waals surface area contributed by atoms with Crippen LogP contribution in [0.3, 0.4) is 0 Å². The van der Waals surface area contributed by atoms with E-state index in [1.54, 1.807) is 4.98 Å². The van der Waals surface area contributed by atoms with Gasteiger partial charge in [0.15, 0.2) is 18.0 Å². The third-order valence-corrected chi connectivity index (χ3v) is 3.84. The van der Waals surface area contributed by atoms with Gasteiger partial charge in [-0.15, -0.1) is 0 Å². The van der Waals surface area contributed by atoms with Crippen molar-refractivity contribution in [3.8, 4) is 0 Å². The summed E-state index contributed by atoms with van der Waals surface area (Å²) in [5, 5.41) is 19.0. The highest BCUT2D eigenvalue weighted by molar-refractivity contribution is 5.38. The maximum absolute atomic E-state index is 14.1. The molecule has 0 bridgehead atoms. The molecule has 1 aliphatic carbocycles. The van der Waals surface area contributed by atoms with Crippen LogP contribution in [0.5, 0.6) is 0 Å². The molecule has 2 aliphatic rings. The summed E-state index contributed by atoms with van der Waals surface area (Å²) in [6.07, 6.45) is -11.8. The van der Waals surface area contributed by atoms with Crippen LogP contribution < -0.4 is 11.2 Å². The lowest BCUT2D eigenvalue weighted by Gasteiger charge is -2.23. The molecule has 3 N–H and O–H groups in total. The molecule has 0 spiro atoms. The lowest BCUT2D eigenvalue weighted by molar-refractivity contribution is -0.261. The molecular formula is C10H8F4N2O5. The molecule has 2 fully saturated rings. The summed E-state index contributed by atoms with van der Waals surface area (Å²) in [6.45, 7) is 0. The van der Waals surface area contributed by atoms with Crippen LogP contribution in [0, 0.1) is 0 Å². The molecule has 2 heterocycles. The molecule has 7 nitrogen and oxygen atoms in total. The lowest BCUT2D eigenvalue weighted by atomic mass is 10.1. The molecule has 11 heteroatoms. The number of hydrogen-bond acceptors (Lipinski definition) is 5. The number of nitrogens with one attached hydrogen (secondary N) is 1. The van der Waals surface area contributed by atoms with Gasteiger partial charge in [-0.2, -0.15) is 13.2 Å². The van der Waals surface area contributed by atoms with Crippen molar-refractivity contribution in [2.24, 2.45) is 0 Å². The molecule has 0 radical (unpaired) electrons. The van der Waals surface area contributed by atoms with Crippen LogP contribution in [0.2, 0.25) is 0 Å². The summed E-state index contributed by atoms with van der Waals surface area (Å²) >= 11 is 0. The Morgan fingerprint density at radius 1 is 1.38 bits per heavy atom. The number of aliphatic hydroxyl groups excluding tert-OH is 1. The van der Waals surface area contributed by atoms with Gasteiger partial charge < -0.3 is 14.9 Å². The molecule has 1 saturated carbocycles. The van der Waals surface area contributed by atoms with Crippen LogP contribution in [0.15, 0.2) is 21.9 Å². The van der Waals surface area contributed by atoms with E-state index < -0.39 is 47.1 Å². The average molecular weight is 312 g/mol. The lowest BCUT2D eigenvalue weighted by Crippen LogP contribution is -2.41. The minimum atomic E-state index is -5.24. The van der Waals surface area contributed by atoms with Gasteiger partial charge in [0.1, 0.15) is 6.10 Å². The van der Waals surface area contributed by atoms with E-state index in [0.29, 0.717) is 4.57 Å². The Kier molecular flexibility index (Phi) is 2.52. The Balaban J connectivity index is 2.07. The van der Waals surface area contributed by atoms with Crippen molar-refractivity contribution in [3.63, 3.8) is 0 Å². The van der Waals surface area contributed by atoms with Gasteiger partial charge in [0, 0.05) is 12.3 Å². The van der Waals surface area contributed by atoms with Crippen LogP contribution in [0.25, 0.3) is 0 Å². The molecule has 1 saturated heterocycles. The topological polar surface area (TPSA) is 105 Å². The van der Waals surface area contributed by atoms with E-state index in [0.717, 1.165) is 12.3 Å². The van der Waals surface area contributed by atoms with Crippen molar-refractivity contribution >= 4 is 0 Å². The van der Waals surface area contributed by atoms with Gasteiger partial charge in [-0.05, 0) is 0 Å². The van der Waals surface area contributed by atoms with Crippen LogP contribution in [-0.2, 0) is 4.74 Å². The largest absolute Gasteiger partial charge is 0.423 e. The molecule has 21 heavy (non-hydrogen) atoms. The van der Waals surface area contributed by atoms with E-state index in [1.165, 1.54) is 0 Å². The van der Waals surface area contributed by atoms with Gasteiger partial charge in [0.05, 0.1) is 0 Å². The van der Waals surface area contributed by atoms with E-state index in [2.05, 4.69) is 4.74 Å². The number of ether oxygens (including phenoxy) is 1. The number of halogens is 4. The molecule has 116 valence electrons. The standard InChI is InChI=1S/C10H8F4N2O5/c11-4-5(16-2-1-3(17)15-7(16)19)21-9(10(12,13)14)6(18)8(4,9)20/h1-2,4-6,18,20H,(H,15,17,19)/t4-,5+,6?,8+,9+/m0/s1. The van der Waals surface area contributed by atoms with Crippen molar-refractivity contribution in [1.82, 2.24) is 9.55 Å². The van der Waals surface area contributed by atoms with Gasteiger partial charge in [0.25, 0.3) is 5.56 Å². The zero-order valence-corrected chi connectivity index (χ0v) is 9.96. The fraction of sp³-hybridized carbons (Fsp3) is 0.600. The highest BCUT2D eigenvalue weighted by Gasteiger charge is 2.97. The number of hydrogen-bond donors (Lipinski definition) is 3. The summed E-state index contributed by atoms with van der Waals surface area (Å²) in [6, 6.07) is 0.780. The third kappa shape index (κ3) is 1.43. The molecule has 1 aliphatic heterocycles. The number of fused-ring (bicyclic) bond motifs is 1. The van der Waals surface area contributed by atoms with E-state index >= 15 is 0 Å². The van der Waals surface area contributed by atoms with Crippen LogP contribution in [0.4, 0.5) is 17.6 Å². The first-order valence-corrected chi connectivity index (χ1v) is 5.68. The Morgan fingerprint density at radius 3 is 2.48 bits per heavy atom. The number of aromatic nitrogens is 2. The highest BCUT2D eigenvalue weighted by Crippen LogP contribution is 2.69. The van der Waals surface area contributed by atoms with Crippen LogP contribution in [0.1, 0.15) is 6.23 Å². The van der Waals surface area contributed by atoms with E-state index in [9.17, 15) is 37.4 Å². The molecule has 1 aromatic heterocycles. The zero-order valence-electron chi connectivity index (χ0n) is 9.96. The highest BCUT2D eigenvalue weighted by atomic mass is 19.4. The van der Waals surface area contributed by atoms with Crippen molar-refractivity contribution in [3.05, 3.63) is 33.1 Å². The van der Waals surface area contributed by atoms with Crippen LogP contribution >= 0.6 is 0 Å². The van der Waals surface area contributed by atoms with Gasteiger partial charge in [0.2, 0.25) is 5.60 Å². The van der Waals surface area contributed by atoms with Crippen molar-refractivity contribution in [2.75, 3.05) is 0 Å². The number of nitrogens with zero attached hydrogens (tertiary/aromatic N) is 1. The van der Waals surface area contributed by atoms with E-state index in [1.807, 2.05) is 0 Å². The average Bonchev–Trinajstić information content (AvgIpc) is 2.72. The molecular weight excluding hydrogens is 304 g/mol. The Morgan fingerprint density at radius 2 is 2.00 bits per heavy atom. The summed E-state index contributed by atoms with van der Waals surface area (Å²) in [5.74, 6) is 0. The molecule has 1 aromatic rings. The van der Waals surface area contributed by atoms with Gasteiger partial charge in [-0.1, -0.05) is 0 Å². The number of rotatable bonds is 1. The molecule has 5 atom stereocenters. The van der Waals surface area contributed by atoms with E-state index in [4.69, 9.17) is 0 Å². The second kappa shape index (κ2) is 3.72. The first-order valence-electron chi connectivity index (χ1n) is 5.68. The van der Waals surface area contributed by atoms with Crippen molar-refractivity contribution in [2.45, 2.75) is 35.9 Å². The molecule has 1 unspecified atom stereocenters. The zero-order chi connectivity index (χ0) is 15.8. The number of alkyl halides is 4. The Bertz CT molecular complexity index is 714. The van der Waals surface area contributed by atoms with Gasteiger partial charge in [-0.3, -0.25) is 14.3 Å². The van der Waals surface area contributed by atoms with Crippen LogP contribution in [-0.4, -0.2) is 49.4 Å². The Hall–Kier alpha value is -1.72. The second-order valence-corrected chi connectivity index (χ2v) is 4.89. The number of H-pyrrole nitrogens is 1. The van der Waals surface area contributed by atoms with Gasteiger partial charge in [-0.25, -0.2) is 9.18 Å². The summed E-state index contributed by atoms with van der Waals surface area (Å²) < 4.78 is 57.8. The summed E-state index contributed by atoms with van der Waals surface area (Å²) in [7, 11) is 0. The number of aromatic amines is 1. The quantitative estimate of drug-likeness (QED) is 0.566. The minimum Gasteiger partial charge on any atom is -0.386 e. The monoisotopic (exact) mass is 312 g/mol. The van der Waals surface area contributed by atoms with Crippen molar-refractivity contribution < 1.29 is 32.5 Å². The fourth-order valence-corrected chi connectivity index (χ4v) is 2.69. The second-order valence-electron chi connectivity index (χ2n) is 4.89. The maximum Gasteiger partial charge on any atom is 0.423 e. The number of aliphatic hydroxyl groups is 2. The van der Waals surface area contributed by atoms with Gasteiger partial charge >= 0.3 is 11.9 Å². The fourth-order valence-electron chi connectivity index (χ4n) is 2.69. The predicted octanol–water partition coefficient (Wildman–Crippen LogP) is -1.19. The predicted molar refractivity (Wildman–Crippen MR) is 56.1 cm³/mol. The normalized spacial score (nSPS) is 41.9. The SMILES string of the molecule is O=c1ccn([C@@H]2O[C@]3(C(F)(F)F)C(O)[C@]3(O)[C@H]2F)c(=O)[nH]1. The Labute approximate surface area is 112 Å². The molecule has 0 aromatic carbocycles. The maximum atomic E-state index is 14.1. The smallest absolute Gasteiger partial charge is 0.386 e. The minimum absolute atomic E-state index is 0.371. The molecule has 3 rings (SSSR count). The third-order valence-electron chi connectivity index (χ3n) is 3.84. The van der Waals surface area contributed by atoms with Crippen molar-refractivity contribution in [1.29, 1.82) is 0 Å². The summed E-state index contributed by atoms with van der Waals surface area (Å²) in [5.41, 5.74) is -8.71. The summed E-state index contributed by atoms with van der Waals surface area (Å²) in [4.78, 5) is 24.1.